The minimum atomic E-state index is -0.130. The minimum absolute atomic E-state index is 0.130. The molecule has 0 unspecified atom stereocenters. The molecule has 0 fully saturated rings. The SMILES string of the molecule is CC.Cc1cc(C)c2c(F)cccc2c1. The summed E-state index contributed by atoms with van der Waals surface area (Å²) in [5.74, 6) is -0.130. The second kappa shape index (κ2) is 4.92. The van der Waals surface area contributed by atoms with Crippen molar-refractivity contribution in [2.24, 2.45) is 0 Å². The molecule has 0 saturated carbocycles. The Bertz CT molecular complexity index is 458. The zero-order valence-electron chi connectivity index (χ0n) is 9.76. The summed E-state index contributed by atoms with van der Waals surface area (Å²) in [6.45, 7) is 7.97. The lowest BCUT2D eigenvalue weighted by atomic mass is 10.0. The van der Waals surface area contributed by atoms with Gasteiger partial charge in [0, 0.05) is 5.39 Å². The number of hydrogen-bond acceptors (Lipinski definition) is 0. The van der Waals surface area contributed by atoms with Crippen molar-refractivity contribution in [1.29, 1.82) is 0 Å². The Morgan fingerprint density at radius 2 is 1.67 bits per heavy atom. The molecule has 0 radical (unpaired) electrons. The maximum atomic E-state index is 13.4. The highest BCUT2D eigenvalue weighted by atomic mass is 19.1. The number of benzene rings is 2. The fraction of sp³-hybridized carbons (Fsp3) is 0.286. The van der Waals surface area contributed by atoms with Crippen molar-refractivity contribution in [2.75, 3.05) is 0 Å². The van der Waals surface area contributed by atoms with Gasteiger partial charge in [0.1, 0.15) is 5.82 Å². The Kier molecular flexibility index (Phi) is 3.84. The van der Waals surface area contributed by atoms with Crippen LogP contribution in [0.3, 0.4) is 0 Å². The first kappa shape index (κ1) is 11.7. The Labute approximate surface area is 90.7 Å². The molecular weight excluding hydrogens is 187 g/mol. The van der Waals surface area contributed by atoms with Crippen LogP contribution in [0.15, 0.2) is 30.3 Å². The fourth-order valence-corrected chi connectivity index (χ4v) is 1.78. The third-order valence-corrected chi connectivity index (χ3v) is 2.27. The van der Waals surface area contributed by atoms with Crippen LogP contribution in [-0.4, -0.2) is 0 Å². The molecule has 0 atom stereocenters. The first-order chi connectivity index (χ1) is 7.18. The van der Waals surface area contributed by atoms with Gasteiger partial charge in [-0.15, -0.1) is 0 Å². The Hall–Kier alpha value is -1.37. The van der Waals surface area contributed by atoms with E-state index in [0.29, 0.717) is 0 Å². The first-order valence-corrected chi connectivity index (χ1v) is 5.34. The largest absolute Gasteiger partial charge is 0.206 e. The topological polar surface area (TPSA) is 0 Å². The van der Waals surface area contributed by atoms with Crippen LogP contribution in [0.4, 0.5) is 4.39 Å². The standard InChI is InChI=1S/C12H11F.C2H6/c1-8-6-9(2)12-10(7-8)4-3-5-11(12)13;1-2/h3-7H,1-2H3;1-2H3. The summed E-state index contributed by atoms with van der Waals surface area (Å²) < 4.78 is 13.4. The van der Waals surface area contributed by atoms with Gasteiger partial charge in [-0.3, -0.25) is 0 Å². The third kappa shape index (κ3) is 2.35. The summed E-state index contributed by atoms with van der Waals surface area (Å²) in [5, 5.41) is 1.73. The molecule has 0 N–H and O–H groups in total. The Morgan fingerprint density at radius 3 is 2.33 bits per heavy atom. The van der Waals surface area contributed by atoms with Gasteiger partial charge in [-0.2, -0.15) is 0 Å². The van der Waals surface area contributed by atoms with Gasteiger partial charge in [-0.1, -0.05) is 43.7 Å². The molecule has 0 amide bonds. The van der Waals surface area contributed by atoms with Crippen LogP contribution >= 0.6 is 0 Å². The van der Waals surface area contributed by atoms with E-state index in [-0.39, 0.29) is 5.82 Å². The van der Waals surface area contributed by atoms with Crippen LogP contribution in [0.2, 0.25) is 0 Å². The third-order valence-electron chi connectivity index (χ3n) is 2.27. The number of halogens is 1. The second-order valence-electron chi connectivity index (χ2n) is 3.42. The smallest absolute Gasteiger partial charge is 0.131 e. The van der Waals surface area contributed by atoms with E-state index in [1.807, 2.05) is 45.9 Å². The summed E-state index contributed by atoms with van der Waals surface area (Å²) in [6.07, 6.45) is 0. The highest BCUT2D eigenvalue weighted by molar-refractivity contribution is 5.86. The maximum Gasteiger partial charge on any atom is 0.131 e. The summed E-state index contributed by atoms with van der Waals surface area (Å²) in [6, 6.07) is 9.20. The van der Waals surface area contributed by atoms with Crippen LogP contribution < -0.4 is 0 Å². The van der Waals surface area contributed by atoms with Gasteiger partial charge in [0.15, 0.2) is 0 Å². The molecule has 0 saturated heterocycles. The molecule has 0 aromatic heterocycles. The summed E-state index contributed by atoms with van der Waals surface area (Å²) in [7, 11) is 0. The van der Waals surface area contributed by atoms with Crippen LogP contribution in [0.5, 0.6) is 0 Å². The van der Waals surface area contributed by atoms with E-state index in [4.69, 9.17) is 0 Å². The lowest BCUT2D eigenvalue weighted by Gasteiger charge is -2.04. The number of hydrogen-bond donors (Lipinski definition) is 0. The van der Waals surface area contributed by atoms with Crippen molar-refractivity contribution in [3.05, 3.63) is 47.3 Å². The van der Waals surface area contributed by atoms with Crippen LogP contribution in [0, 0.1) is 19.7 Å². The van der Waals surface area contributed by atoms with Crippen molar-refractivity contribution < 1.29 is 4.39 Å². The number of rotatable bonds is 0. The summed E-state index contributed by atoms with van der Waals surface area (Å²) in [5.41, 5.74) is 2.18. The number of fused-ring (bicyclic) bond motifs is 1. The van der Waals surface area contributed by atoms with Gasteiger partial charge in [-0.25, -0.2) is 4.39 Å². The molecule has 0 spiro atoms. The first-order valence-electron chi connectivity index (χ1n) is 5.34. The van der Waals surface area contributed by atoms with Crippen molar-refractivity contribution >= 4 is 10.8 Å². The molecule has 2 aromatic carbocycles. The molecule has 15 heavy (non-hydrogen) atoms. The summed E-state index contributed by atoms with van der Waals surface area (Å²) in [4.78, 5) is 0. The fourth-order valence-electron chi connectivity index (χ4n) is 1.78. The van der Waals surface area contributed by atoms with Gasteiger partial charge in [-0.05, 0) is 30.9 Å². The normalized spacial score (nSPS) is 9.67. The number of aryl methyl sites for hydroxylation is 2. The van der Waals surface area contributed by atoms with E-state index < -0.39 is 0 Å². The lowest BCUT2D eigenvalue weighted by Crippen LogP contribution is -1.85. The van der Waals surface area contributed by atoms with Crippen LogP contribution in [0.25, 0.3) is 10.8 Å². The molecule has 0 aliphatic rings. The quantitative estimate of drug-likeness (QED) is 0.587. The summed E-state index contributed by atoms with van der Waals surface area (Å²) >= 11 is 0. The van der Waals surface area contributed by atoms with Crippen molar-refractivity contribution in [3.63, 3.8) is 0 Å². The zero-order valence-corrected chi connectivity index (χ0v) is 9.76. The molecule has 1 heteroatoms. The molecule has 2 aromatic rings. The minimum Gasteiger partial charge on any atom is -0.206 e. The Morgan fingerprint density at radius 1 is 1.00 bits per heavy atom. The van der Waals surface area contributed by atoms with Crippen molar-refractivity contribution in [3.8, 4) is 0 Å². The predicted octanol–water partition coefficient (Wildman–Crippen LogP) is 4.62. The van der Waals surface area contributed by atoms with Gasteiger partial charge >= 0.3 is 0 Å². The maximum absolute atomic E-state index is 13.4. The van der Waals surface area contributed by atoms with Gasteiger partial charge in [0.05, 0.1) is 0 Å². The highest BCUT2D eigenvalue weighted by Gasteiger charge is 2.02. The van der Waals surface area contributed by atoms with E-state index in [2.05, 4.69) is 0 Å². The van der Waals surface area contributed by atoms with E-state index >= 15 is 0 Å². The zero-order chi connectivity index (χ0) is 11.4. The molecule has 0 aliphatic heterocycles. The van der Waals surface area contributed by atoms with Crippen LogP contribution in [0.1, 0.15) is 25.0 Å². The average Bonchev–Trinajstić information content (AvgIpc) is 2.19. The van der Waals surface area contributed by atoms with Gasteiger partial charge in [0.2, 0.25) is 0 Å². The Balaban J connectivity index is 0.000000531. The van der Waals surface area contributed by atoms with Crippen molar-refractivity contribution in [1.82, 2.24) is 0 Å². The molecule has 80 valence electrons. The van der Waals surface area contributed by atoms with Gasteiger partial charge in [0.25, 0.3) is 0 Å². The molecular formula is C14H17F. The molecule has 0 nitrogen and oxygen atoms in total. The van der Waals surface area contributed by atoms with E-state index in [0.717, 1.165) is 16.3 Å². The van der Waals surface area contributed by atoms with E-state index in [9.17, 15) is 4.39 Å². The predicted molar refractivity (Wildman–Crippen MR) is 64.7 cm³/mol. The molecule has 0 bridgehead atoms. The van der Waals surface area contributed by atoms with Crippen LogP contribution in [-0.2, 0) is 0 Å². The molecule has 0 aliphatic carbocycles. The monoisotopic (exact) mass is 204 g/mol. The van der Waals surface area contributed by atoms with Gasteiger partial charge < -0.3 is 0 Å². The van der Waals surface area contributed by atoms with E-state index in [1.165, 1.54) is 11.6 Å². The highest BCUT2D eigenvalue weighted by Crippen LogP contribution is 2.22. The van der Waals surface area contributed by atoms with E-state index in [1.54, 1.807) is 6.07 Å². The average molecular weight is 204 g/mol. The second-order valence-corrected chi connectivity index (χ2v) is 3.42. The lowest BCUT2D eigenvalue weighted by molar-refractivity contribution is 0.639. The van der Waals surface area contributed by atoms with Crippen molar-refractivity contribution in [2.45, 2.75) is 27.7 Å². The molecule has 0 heterocycles. The molecule has 2 rings (SSSR count).